The molecule has 84 valence electrons. The Morgan fingerprint density at radius 2 is 2.06 bits per heavy atom. The van der Waals surface area contributed by atoms with Crippen molar-refractivity contribution in [3.05, 3.63) is 41.4 Å². The molecule has 16 heavy (non-hydrogen) atoms. The Hall–Kier alpha value is -1.32. The third-order valence-electron chi connectivity index (χ3n) is 2.29. The van der Waals surface area contributed by atoms with Crippen molar-refractivity contribution >= 4 is 11.6 Å². The number of hydrogen-bond acceptors (Lipinski definition) is 3. The van der Waals surface area contributed by atoms with Crippen LogP contribution >= 0.6 is 11.6 Å². The summed E-state index contributed by atoms with van der Waals surface area (Å²) in [6.45, 7) is 3.68. The van der Waals surface area contributed by atoms with Crippen molar-refractivity contribution in [1.29, 1.82) is 0 Å². The molecule has 2 aromatic rings. The minimum atomic E-state index is 0.713. The molecule has 0 saturated carbocycles. The zero-order valence-electron chi connectivity index (χ0n) is 9.03. The second-order valence-corrected chi connectivity index (χ2v) is 3.85. The summed E-state index contributed by atoms with van der Waals surface area (Å²) in [6, 6.07) is 7.55. The lowest BCUT2D eigenvalue weighted by Gasteiger charge is -2.01. The van der Waals surface area contributed by atoms with Gasteiger partial charge in [0.2, 0.25) is 0 Å². The van der Waals surface area contributed by atoms with Gasteiger partial charge in [-0.15, -0.1) is 0 Å². The van der Waals surface area contributed by atoms with E-state index in [1.165, 1.54) is 6.39 Å². The molecule has 4 heteroatoms. The van der Waals surface area contributed by atoms with Gasteiger partial charge < -0.3 is 9.73 Å². The number of rotatable bonds is 4. The Bertz CT molecular complexity index is 450. The Labute approximate surface area is 99.5 Å². The fraction of sp³-hybridized carbons (Fsp3) is 0.250. The maximum Gasteiger partial charge on any atom is 0.181 e. The number of halogens is 1. The first-order valence-corrected chi connectivity index (χ1v) is 5.58. The Balaban J connectivity index is 2.26. The van der Waals surface area contributed by atoms with E-state index < -0.39 is 0 Å². The molecule has 0 radical (unpaired) electrons. The lowest BCUT2D eigenvalue weighted by Crippen LogP contribution is -2.12. The number of oxazole rings is 1. The van der Waals surface area contributed by atoms with Crippen molar-refractivity contribution in [3.8, 4) is 11.3 Å². The fourth-order valence-corrected chi connectivity index (χ4v) is 1.60. The molecule has 3 nitrogen and oxygen atoms in total. The van der Waals surface area contributed by atoms with Crippen molar-refractivity contribution < 1.29 is 4.42 Å². The summed E-state index contributed by atoms with van der Waals surface area (Å²) < 4.78 is 5.39. The standard InChI is InChI=1S/C12H13ClN2O/c1-2-14-7-11-12(16-8-15-11)9-3-5-10(13)6-4-9/h3-6,8,14H,2,7H2,1H3. The third-order valence-corrected chi connectivity index (χ3v) is 2.54. The van der Waals surface area contributed by atoms with E-state index in [9.17, 15) is 0 Å². The van der Waals surface area contributed by atoms with E-state index in [4.69, 9.17) is 16.0 Å². The molecule has 1 aromatic heterocycles. The molecule has 1 N–H and O–H groups in total. The van der Waals surface area contributed by atoms with Gasteiger partial charge in [-0.1, -0.05) is 18.5 Å². The highest BCUT2D eigenvalue weighted by Gasteiger charge is 2.09. The summed E-state index contributed by atoms with van der Waals surface area (Å²) in [5.41, 5.74) is 1.92. The summed E-state index contributed by atoms with van der Waals surface area (Å²) in [6.07, 6.45) is 1.47. The van der Waals surface area contributed by atoms with Gasteiger partial charge in [0.15, 0.2) is 12.2 Å². The second-order valence-electron chi connectivity index (χ2n) is 3.42. The quantitative estimate of drug-likeness (QED) is 0.887. The third kappa shape index (κ3) is 2.43. The minimum absolute atomic E-state index is 0.713. The van der Waals surface area contributed by atoms with Gasteiger partial charge in [0.1, 0.15) is 5.69 Å². The van der Waals surface area contributed by atoms with Crippen LogP contribution in [0.3, 0.4) is 0 Å². The van der Waals surface area contributed by atoms with Gasteiger partial charge in [0.05, 0.1) is 0 Å². The molecule has 0 spiro atoms. The van der Waals surface area contributed by atoms with Crippen LogP contribution < -0.4 is 5.32 Å². The van der Waals surface area contributed by atoms with Crippen molar-refractivity contribution in [1.82, 2.24) is 10.3 Å². The molecule has 0 unspecified atom stereocenters. The number of nitrogens with zero attached hydrogens (tertiary/aromatic N) is 1. The zero-order valence-corrected chi connectivity index (χ0v) is 9.79. The molecule has 0 bridgehead atoms. The minimum Gasteiger partial charge on any atom is -0.443 e. The lowest BCUT2D eigenvalue weighted by molar-refractivity contribution is 0.570. The van der Waals surface area contributed by atoms with E-state index in [1.54, 1.807) is 0 Å². The molecule has 0 amide bonds. The number of hydrogen-bond donors (Lipinski definition) is 1. The molecule has 2 rings (SSSR count). The highest BCUT2D eigenvalue weighted by atomic mass is 35.5. The number of aromatic nitrogens is 1. The zero-order chi connectivity index (χ0) is 11.4. The normalized spacial score (nSPS) is 10.6. The van der Waals surface area contributed by atoms with Crippen LogP contribution in [0.5, 0.6) is 0 Å². The molecule has 1 aromatic carbocycles. The molecule has 1 heterocycles. The van der Waals surface area contributed by atoms with Crippen molar-refractivity contribution in [2.75, 3.05) is 6.54 Å². The number of nitrogens with one attached hydrogen (secondary N) is 1. The maximum absolute atomic E-state index is 5.84. The van der Waals surface area contributed by atoms with Gasteiger partial charge in [-0.2, -0.15) is 0 Å². The summed E-state index contributed by atoms with van der Waals surface area (Å²) in [5.74, 6) is 0.803. The topological polar surface area (TPSA) is 38.1 Å². The molecule has 0 aliphatic rings. The van der Waals surface area contributed by atoms with Gasteiger partial charge in [-0.05, 0) is 30.8 Å². The van der Waals surface area contributed by atoms with Crippen LogP contribution in [0.2, 0.25) is 5.02 Å². The van der Waals surface area contributed by atoms with Gasteiger partial charge in [0, 0.05) is 17.1 Å². The SMILES string of the molecule is CCNCc1ncoc1-c1ccc(Cl)cc1. The molecule has 0 saturated heterocycles. The van der Waals surface area contributed by atoms with Gasteiger partial charge >= 0.3 is 0 Å². The van der Waals surface area contributed by atoms with Crippen LogP contribution in [0.4, 0.5) is 0 Å². The van der Waals surface area contributed by atoms with Crippen molar-refractivity contribution in [2.45, 2.75) is 13.5 Å². The summed E-state index contributed by atoms with van der Waals surface area (Å²) >= 11 is 5.84. The van der Waals surface area contributed by atoms with Crippen molar-refractivity contribution in [2.24, 2.45) is 0 Å². The number of benzene rings is 1. The highest BCUT2D eigenvalue weighted by molar-refractivity contribution is 6.30. The Kier molecular flexibility index (Phi) is 3.59. The van der Waals surface area contributed by atoms with E-state index in [1.807, 2.05) is 24.3 Å². The average Bonchev–Trinajstić information content (AvgIpc) is 2.75. The molecule has 0 atom stereocenters. The van der Waals surface area contributed by atoms with Crippen molar-refractivity contribution in [3.63, 3.8) is 0 Å². The van der Waals surface area contributed by atoms with E-state index in [0.29, 0.717) is 6.54 Å². The maximum atomic E-state index is 5.84. The summed E-state index contributed by atoms with van der Waals surface area (Å²) in [5, 5.41) is 3.94. The second kappa shape index (κ2) is 5.14. The average molecular weight is 237 g/mol. The van der Waals surface area contributed by atoms with Gasteiger partial charge in [0.25, 0.3) is 0 Å². The summed E-state index contributed by atoms with van der Waals surface area (Å²) in [7, 11) is 0. The first kappa shape index (κ1) is 11.2. The van der Waals surface area contributed by atoms with Crippen LogP contribution in [-0.4, -0.2) is 11.5 Å². The first-order valence-electron chi connectivity index (χ1n) is 5.20. The van der Waals surface area contributed by atoms with Crippen LogP contribution in [0.25, 0.3) is 11.3 Å². The van der Waals surface area contributed by atoms with Crippen LogP contribution in [0.15, 0.2) is 35.1 Å². The lowest BCUT2D eigenvalue weighted by atomic mass is 10.1. The molecule has 0 aliphatic carbocycles. The van der Waals surface area contributed by atoms with E-state index in [0.717, 1.165) is 28.6 Å². The molecular formula is C12H13ClN2O. The predicted octanol–water partition coefficient (Wildman–Crippen LogP) is 3.10. The largest absolute Gasteiger partial charge is 0.443 e. The summed E-state index contributed by atoms with van der Waals surface area (Å²) in [4.78, 5) is 4.19. The van der Waals surface area contributed by atoms with Crippen LogP contribution in [0.1, 0.15) is 12.6 Å². The van der Waals surface area contributed by atoms with E-state index >= 15 is 0 Å². The van der Waals surface area contributed by atoms with Crippen LogP contribution in [0, 0.1) is 0 Å². The highest BCUT2D eigenvalue weighted by Crippen LogP contribution is 2.24. The Morgan fingerprint density at radius 3 is 2.75 bits per heavy atom. The fourth-order valence-electron chi connectivity index (χ4n) is 1.47. The Morgan fingerprint density at radius 1 is 1.31 bits per heavy atom. The molecule has 0 fully saturated rings. The van der Waals surface area contributed by atoms with Gasteiger partial charge in [-0.3, -0.25) is 0 Å². The first-order chi connectivity index (χ1) is 7.81. The predicted molar refractivity (Wildman–Crippen MR) is 64.3 cm³/mol. The molecule has 0 aliphatic heterocycles. The monoisotopic (exact) mass is 236 g/mol. The van der Waals surface area contributed by atoms with E-state index in [2.05, 4.69) is 17.2 Å². The van der Waals surface area contributed by atoms with E-state index in [-0.39, 0.29) is 0 Å². The van der Waals surface area contributed by atoms with Gasteiger partial charge in [-0.25, -0.2) is 4.98 Å². The molecular weight excluding hydrogens is 224 g/mol. The smallest absolute Gasteiger partial charge is 0.181 e. The van der Waals surface area contributed by atoms with Crippen LogP contribution in [-0.2, 0) is 6.54 Å².